The third-order valence-corrected chi connectivity index (χ3v) is 4.97. The normalized spacial score (nSPS) is 16.2. The summed E-state index contributed by atoms with van der Waals surface area (Å²) < 4.78 is 39.4. The van der Waals surface area contributed by atoms with Gasteiger partial charge in [-0.25, -0.2) is 17.1 Å². The number of sulfonamides is 1. The maximum Gasteiger partial charge on any atom is 0.245 e. The molecule has 1 aromatic rings. The van der Waals surface area contributed by atoms with E-state index in [0.717, 1.165) is 18.9 Å². The minimum absolute atomic E-state index is 0.190. The van der Waals surface area contributed by atoms with Crippen LogP contribution in [0.4, 0.5) is 4.39 Å². The highest BCUT2D eigenvalue weighted by Gasteiger charge is 2.30. The first-order valence-electron chi connectivity index (χ1n) is 5.90. The van der Waals surface area contributed by atoms with Gasteiger partial charge >= 0.3 is 0 Å². The Kier molecular flexibility index (Phi) is 3.70. The highest BCUT2D eigenvalue weighted by atomic mass is 32.2. The van der Waals surface area contributed by atoms with Gasteiger partial charge in [0.1, 0.15) is 10.7 Å². The first kappa shape index (κ1) is 13.5. The SMILES string of the molecule is CN(CC1CC1)S(=O)(=O)c1cc(CN)ccc1F. The predicted molar refractivity (Wildman–Crippen MR) is 66.8 cm³/mol. The van der Waals surface area contributed by atoms with Gasteiger partial charge in [-0.15, -0.1) is 0 Å². The van der Waals surface area contributed by atoms with Gasteiger partial charge in [-0.3, -0.25) is 0 Å². The van der Waals surface area contributed by atoms with E-state index < -0.39 is 15.8 Å². The smallest absolute Gasteiger partial charge is 0.245 e. The number of hydrogen-bond acceptors (Lipinski definition) is 3. The van der Waals surface area contributed by atoms with Crippen molar-refractivity contribution in [3.05, 3.63) is 29.6 Å². The summed E-state index contributed by atoms with van der Waals surface area (Å²) in [6.07, 6.45) is 2.09. The lowest BCUT2D eigenvalue weighted by atomic mass is 10.2. The Morgan fingerprint density at radius 3 is 2.67 bits per heavy atom. The van der Waals surface area contributed by atoms with Crippen LogP contribution in [0.15, 0.2) is 23.1 Å². The molecular formula is C12H17FN2O2S. The molecule has 0 aliphatic heterocycles. The van der Waals surface area contributed by atoms with Crippen molar-refractivity contribution in [3.8, 4) is 0 Å². The molecule has 0 radical (unpaired) electrons. The molecule has 0 aromatic heterocycles. The van der Waals surface area contributed by atoms with Crippen molar-refractivity contribution in [2.45, 2.75) is 24.3 Å². The molecule has 2 rings (SSSR count). The zero-order chi connectivity index (χ0) is 13.3. The van der Waals surface area contributed by atoms with Gasteiger partial charge in [-0.05, 0) is 36.5 Å². The first-order valence-corrected chi connectivity index (χ1v) is 7.34. The van der Waals surface area contributed by atoms with Gasteiger partial charge in [0, 0.05) is 20.1 Å². The second-order valence-electron chi connectivity index (χ2n) is 4.70. The van der Waals surface area contributed by atoms with Gasteiger partial charge in [0.2, 0.25) is 10.0 Å². The molecule has 1 aromatic carbocycles. The Bertz CT molecular complexity index is 541. The third kappa shape index (κ3) is 2.71. The molecule has 0 atom stereocenters. The van der Waals surface area contributed by atoms with Crippen LogP contribution in [0, 0.1) is 11.7 Å². The van der Waals surface area contributed by atoms with E-state index in [1.54, 1.807) is 0 Å². The highest BCUT2D eigenvalue weighted by molar-refractivity contribution is 7.89. The molecule has 2 N–H and O–H groups in total. The summed E-state index contributed by atoms with van der Waals surface area (Å²) in [4.78, 5) is -0.284. The van der Waals surface area contributed by atoms with Crippen LogP contribution in [0.5, 0.6) is 0 Å². The summed E-state index contributed by atoms with van der Waals surface area (Å²) in [5.74, 6) is -0.305. The lowest BCUT2D eigenvalue weighted by Gasteiger charge is -2.17. The minimum Gasteiger partial charge on any atom is -0.326 e. The molecule has 0 amide bonds. The van der Waals surface area contributed by atoms with Crippen molar-refractivity contribution < 1.29 is 12.8 Å². The van der Waals surface area contributed by atoms with E-state index in [0.29, 0.717) is 18.0 Å². The topological polar surface area (TPSA) is 63.4 Å². The van der Waals surface area contributed by atoms with Crippen LogP contribution >= 0.6 is 0 Å². The van der Waals surface area contributed by atoms with Crippen molar-refractivity contribution in [2.75, 3.05) is 13.6 Å². The van der Waals surface area contributed by atoms with E-state index in [-0.39, 0.29) is 11.4 Å². The molecule has 0 saturated heterocycles. The van der Waals surface area contributed by atoms with Crippen LogP contribution in [0.1, 0.15) is 18.4 Å². The van der Waals surface area contributed by atoms with Crippen molar-refractivity contribution in [1.29, 1.82) is 0 Å². The first-order chi connectivity index (χ1) is 8.45. The Morgan fingerprint density at radius 2 is 2.11 bits per heavy atom. The molecule has 1 aliphatic carbocycles. The summed E-state index contributed by atoms with van der Waals surface area (Å²) in [6.45, 7) is 0.643. The van der Waals surface area contributed by atoms with Crippen molar-refractivity contribution in [3.63, 3.8) is 0 Å². The van der Waals surface area contributed by atoms with E-state index in [2.05, 4.69) is 0 Å². The van der Waals surface area contributed by atoms with E-state index in [1.165, 1.54) is 23.5 Å². The Labute approximate surface area is 107 Å². The quantitative estimate of drug-likeness (QED) is 0.879. The van der Waals surface area contributed by atoms with Gasteiger partial charge in [-0.2, -0.15) is 0 Å². The standard InChI is InChI=1S/C12H17FN2O2S/c1-15(8-9-2-3-9)18(16,17)12-6-10(7-14)4-5-11(12)13/h4-6,9H,2-3,7-8,14H2,1H3. The molecule has 18 heavy (non-hydrogen) atoms. The van der Waals surface area contributed by atoms with Gasteiger partial charge in [0.15, 0.2) is 0 Å². The van der Waals surface area contributed by atoms with Gasteiger partial charge in [-0.1, -0.05) is 6.07 Å². The third-order valence-electron chi connectivity index (χ3n) is 3.13. The molecule has 100 valence electrons. The summed E-state index contributed by atoms with van der Waals surface area (Å²) >= 11 is 0. The van der Waals surface area contributed by atoms with Crippen molar-refractivity contribution in [1.82, 2.24) is 4.31 Å². The van der Waals surface area contributed by atoms with E-state index in [9.17, 15) is 12.8 Å². The predicted octanol–water partition coefficient (Wildman–Crippen LogP) is 1.31. The minimum atomic E-state index is -3.75. The monoisotopic (exact) mass is 272 g/mol. The zero-order valence-corrected chi connectivity index (χ0v) is 11.1. The highest BCUT2D eigenvalue weighted by Crippen LogP contribution is 2.31. The Balaban J connectivity index is 2.32. The van der Waals surface area contributed by atoms with E-state index in [4.69, 9.17) is 5.73 Å². The maximum atomic E-state index is 13.7. The fourth-order valence-corrected chi connectivity index (χ4v) is 3.16. The van der Waals surface area contributed by atoms with Crippen LogP contribution in [0.2, 0.25) is 0 Å². The molecule has 4 nitrogen and oxygen atoms in total. The van der Waals surface area contributed by atoms with Crippen LogP contribution in [-0.4, -0.2) is 26.3 Å². The van der Waals surface area contributed by atoms with Crippen LogP contribution in [0.3, 0.4) is 0 Å². The molecule has 1 aliphatic rings. The maximum absolute atomic E-state index is 13.7. The number of halogens is 1. The summed E-state index contributed by atoms with van der Waals surface area (Å²) in [5, 5.41) is 0. The second-order valence-corrected chi connectivity index (χ2v) is 6.71. The van der Waals surface area contributed by atoms with E-state index in [1.807, 2.05) is 0 Å². The number of hydrogen-bond donors (Lipinski definition) is 1. The summed E-state index contributed by atoms with van der Waals surface area (Å²) in [7, 11) is -2.27. The summed E-state index contributed by atoms with van der Waals surface area (Å²) in [6, 6.07) is 3.96. The molecule has 1 saturated carbocycles. The molecule has 0 bridgehead atoms. The van der Waals surface area contributed by atoms with Crippen molar-refractivity contribution >= 4 is 10.0 Å². The second kappa shape index (κ2) is 4.95. The van der Waals surface area contributed by atoms with Gasteiger partial charge < -0.3 is 5.73 Å². The van der Waals surface area contributed by atoms with Crippen molar-refractivity contribution in [2.24, 2.45) is 11.7 Å². The summed E-state index contributed by atoms with van der Waals surface area (Å²) in [5.41, 5.74) is 6.05. The fourth-order valence-electron chi connectivity index (χ4n) is 1.80. The molecule has 6 heteroatoms. The average Bonchev–Trinajstić information content (AvgIpc) is 3.13. The number of rotatable bonds is 5. The number of benzene rings is 1. The lowest BCUT2D eigenvalue weighted by molar-refractivity contribution is 0.447. The van der Waals surface area contributed by atoms with Crippen LogP contribution < -0.4 is 5.73 Å². The zero-order valence-electron chi connectivity index (χ0n) is 10.3. The molecule has 1 fully saturated rings. The molecular weight excluding hydrogens is 255 g/mol. The Hall–Kier alpha value is -0.980. The van der Waals surface area contributed by atoms with Crippen LogP contribution in [-0.2, 0) is 16.6 Å². The average molecular weight is 272 g/mol. The number of nitrogens with two attached hydrogens (primary N) is 1. The fraction of sp³-hybridized carbons (Fsp3) is 0.500. The lowest BCUT2D eigenvalue weighted by Crippen LogP contribution is -2.29. The Morgan fingerprint density at radius 1 is 1.44 bits per heavy atom. The molecule has 0 heterocycles. The van der Waals surface area contributed by atoms with Crippen LogP contribution in [0.25, 0.3) is 0 Å². The number of nitrogens with zero attached hydrogens (tertiary/aromatic N) is 1. The van der Waals surface area contributed by atoms with Gasteiger partial charge in [0.25, 0.3) is 0 Å². The molecule has 0 unspecified atom stereocenters. The molecule has 0 spiro atoms. The largest absolute Gasteiger partial charge is 0.326 e. The van der Waals surface area contributed by atoms with Gasteiger partial charge in [0.05, 0.1) is 0 Å². The van der Waals surface area contributed by atoms with E-state index >= 15 is 0 Å².